The third kappa shape index (κ3) is 16.6. The van der Waals surface area contributed by atoms with Gasteiger partial charge in [0.2, 0.25) is 0 Å². The van der Waals surface area contributed by atoms with E-state index in [4.69, 9.17) is 9.47 Å². The summed E-state index contributed by atoms with van der Waals surface area (Å²) in [6.07, 6.45) is 12.0. The van der Waals surface area contributed by atoms with Crippen molar-refractivity contribution in [1.29, 1.82) is 0 Å². The van der Waals surface area contributed by atoms with Gasteiger partial charge in [-0.2, -0.15) is 0 Å². The summed E-state index contributed by atoms with van der Waals surface area (Å²) in [7, 11) is 0. The Bertz CT molecular complexity index is 390. The van der Waals surface area contributed by atoms with Crippen molar-refractivity contribution in [1.82, 2.24) is 4.90 Å². The highest BCUT2D eigenvalue weighted by Crippen LogP contribution is 2.14. The Morgan fingerprint density at radius 2 is 1.30 bits per heavy atom. The average Bonchev–Trinajstić information content (AvgIpc) is 2.61. The molecule has 0 unspecified atom stereocenters. The molecule has 0 spiro atoms. The Balaban J connectivity index is 3.69. The first-order valence-electron chi connectivity index (χ1n) is 10.9. The van der Waals surface area contributed by atoms with Gasteiger partial charge in [0.1, 0.15) is 6.54 Å². The Labute approximate surface area is 167 Å². The second kappa shape index (κ2) is 15.8. The zero-order valence-electron chi connectivity index (χ0n) is 18.5. The van der Waals surface area contributed by atoms with Gasteiger partial charge in [0.15, 0.2) is 0 Å². The number of ether oxygens (including phenoxy) is 2. The molecular weight excluding hydrogens is 342 g/mol. The van der Waals surface area contributed by atoms with E-state index in [0.29, 0.717) is 19.8 Å². The van der Waals surface area contributed by atoms with Crippen LogP contribution in [0.2, 0.25) is 0 Å². The molecular formula is C22H43NO4. The zero-order chi connectivity index (χ0) is 20.5. The highest BCUT2D eigenvalue weighted by molar-refractivity contribution is 5.78. The molecule has 160 valence electrons. The molecule has 0 aromatic heterocycles. The van der Waals surface area contributed by atoms with Crippen LogP contribution in [-0.2, 0) is 14.3 Å². The molecule has 0 radical (unpaired) electrons. The minimum absolute atomic E-state index is 0.0444. The Hall–Kier alpha value is -1.26. The third-order valence-electron chi connectivity index (χ3n) is 4.35. The van der Waals surface area contributed by atoms with E-state index >= 15 is 0 Å². The van der Waals surface area contributed by atoms with Crippen LogP contribution >= 0.6 is 0 Å². The Morgan fingerprint density at radius 3 is 1.78 bits per heavy atom. The van der Waals surface area contributed by atoms with Crippen molar-refractivity contribution in [2.45, 2.75) is 98.8 Å². The molecule has 27 heavy (non-hydrogen) atoms. The van der Waals surface area contributed by atoms with Crippen LogP contribution in [0, 0.1) is 5.41 Å². The number of esters is 1. The highest BCUT2D eigenvalue weighted by Gasteiger charge is 2.20. The van der Waals surface area contributed by atoms with Gasteiger partial charge in [-0.05, 0) is 18.8 Å². The number of amides is 1. The van der Waals surface area contributed by atoms with E-state index in [-0.39, 0.29) is 17.9 Å². The van der Waals surface area contributed by atoms with E-state index in [0.717, 1.165) is 12.8 Å². The quantitative estimate of drug-likeness (QED) is 0.258. The van der Waals surface area contributed by atoms with E-state index < -0.39 is 6.09 Å². The van der Waals surface area contributed by atoms with E-state index in [2.05, 4.69) is 6.92 Å². The molecule has 0 aromatic rings. The molecule has 1 amide bonds. The van der Waals surface area contributed by atoms with Gasteiger partial charge in [-0.3, -0.25) is 9.69 Å². The lowest BCUT2D eigenvalue weighted by Gasteiger charge is -2.23. The second-order valence-electron chi connectivity index (χ2n) is 8.53. The van der Waals surface area contributed by atoms with Crippen LogP contribution in [0.25, 0.3) is 0 Å². The van der Waals surface area contributed by atoms with Crippen molar-refractivity contribution in [3.63, 3.8) is 0 Å². The fourth-order valence-corrected chi connectivity index (χ4v) is 2.65. The van der Waals surface area contributed by atoms with Gasteiger partial charge in [0.25, 0.3) is 0 Å². The predicted molar refractivity (Wildman–Crippen MR) is 111 cm³/mol. The van der Waals surface area contributed by atoms with E-state index in [1.165, 1.54) is 56.3 Å². The SMILES string of the molecule is CCCCCCCCCCCCOC(=O)CN(CC)C(=O)OCC(C)(C)C. The summed E-state index contributed by atoms with van der Waals surface area (Å²) < 4.78 is 10.5. The molecule has 0 aromatic carbocycles. The highest BCUT2D eigenvalue weighted by atomic mass is 16.6. The summed E-state index contributed by atoms with van der Waals surface area (Å²) in [5.74, 6) is -0.361. The molecule has 0 atom stereocenters. The van der Waals surface area contributed by atoms with Crippen LogP contribution in [-0.4, -0.2) is 43.3 Å². The van der Waals surface area contributed by atoms with Gasteiger partial charge in [0.05, 0.1) is 13.2 Å². The normalized spacial score (nSPS) is 11.3. The minimum Gasteiger partial charge on any atom is -0.464 e. The average molecular weight is 386 g/mol. The monoisotopic (exact) mass is 385 g/mol. The second-order valence-corrected chi connectivity index (χ2v) is 8.53. The van der Waals surface area contributed by atoms with Crippen LogP contribution in [0.15, 0.2) is 0 Å². The molecule has 0 bridgehead atoms. The first-order chi connectivity index (χ1) is 12.8. The number of carbonyl (C=O) groups is 2. The summed E-state index contributed by atoms with van der Waals surface area (Å²) in [4.78, 5) is 25.3. The van der Waals surface area contributed by atoms with Crippen LogP contribution in [0.4, 0.5) is 4.79 Å². The Morgan fingerprint density at radius 1 is 0.778 bits per heavy atom. The van der Waals surface area contributed by atoms with Crippen molar-refractivity contribution in [2.75, 3.05) is 26.3 Å². The number of nitrogens with zero attached hydrogens (tertiary/aromatic N) is 1. The van der Waals surface area contributed by atoms with Crippen LogP contribution < -0.4 is 0 Å². The van der Waals surface area contributed by atoms with Crippen LogP contribution in [0.1, 0.15) is 98.8 Å². The van der Waals surface area contributed by atoms with Gasteiger partial charge >= 0.3 is 12.1 Å². The van der Waals surface area contributed by atoms with Crippen molar-refractivity contribution in [3.05, 3.63) is 0 Å². The van der Waals surface area contributed by atoms with E-state index in [1.807, 2.05) is 27.7 Å². The largest absolute Gasteiger partial charge is 0.464 e. The molecule has 0 heterocycles. The zero-order valence-corrected chi connectivity index (χ0v) is 18.5. The topological polar surface area (TPSA) is 55.8 Å². The van der Waals surface area contributed by atoms with Crippen molar-refractivity contribution < 1.29 is 19.1 Å². The number of hydrogen-bond donors (Lipinski definition) is 0. The summed E-state index contributed by atoms with van der Waals surface area (Å²) in [5.41, 5.74) is -0.0922. The molecule has 0 saturated carbocycles. The minimum atomic E-state index is -0.455. The number of unbranched alkanes of at least 4 members (excludes halogenated alkanes) is 9. The summed E-state index contributed by atoms with van der Waals surface area (Å²) in [5, 5.41) is 0. The van der Waals surface area contributed by atoms with Gasteiger partial charge in [-0.25, -0.2) is 4.79 Å². The fraction of sp³-hybridized carbons (Fsp3) is 0.909. The van der Waals surface area contributed by atoms with E-state index in [1.54, 1.807) is 0 Å². The number of carbonyl (C=O) groups excluding carboxylic acids is 2. The summed E-state index contributed by atoms with van der Waals surface area (Å²) in [6.45, 7) is 11.2. The van der Waals surface area contributed by atoms with Gasteiger partial charge in [-0.15, -0.1) is 0 Å². The van der Waals surface area contributed by atoms with Crippen molar-refractivity contribution >= 4 is 12.1 Å². The molecule has 0 rings (SSSR count). The maximum atomic E-state index is 12.0. The Kier molecular flexibility index (Phi) is 15.0. The predicted octanol–water partition coefficient (Wildman–Crippen LogP) is 5.96. The summed E-state index contributed by atoms with van der Waals surface area (Å²) >= 11 is 0. The van der Waals surface area contributed by atoms with Gasteiger partial charge in [-0.1, -0.05) is 85.5 Å². The lowest BCUT2D eigenvalue weighted by Crippen LogP contribution is -2.38. The van der Waals surface area contributed by atoms with E-state index in [9.17, 15) is 9.59 Å². The fourth-order valence-electron chi connectivity index (χ4n) is 2.65. The molecule has 0 aliphatic rings. The third-order valence-corrected chi connectivity index (χ3v) is 4.35. The molecule has 0 aliphatic heterocycles. The van der Waals surface area contributed by atoms with Crippen LogP contribution in [0.5, 0.6) is 0 Å². The summed E-state index contributed by atoms with van der Waals surface area (Å²) in [6, 6.07) is 0. The molecule has 0 aliphatic carbocycles. The van der Waals surface area contributed by atoms with Gasteiger partial charge < -0.3 is 9.47 Å². The standard InChI is InChI=1S/C22H43NO4/c1-6-8-9-10-11-12-13-14-15-16-17-26-20(24)18-23(7-2)21(25)27-19-22(3,4)5/h6-19H2,1-5H3. The smallest absolute Gasteiger partial charge is 0.410 e. The lowest BCUT2D eigenvalue weighted by atomic mass is 9.99. The molecule has 0 N–H and O–H groups in total. The molecule has 0 saturated heterocycles. The van der Waals surface area contributed by atoms with Crippen molar-refractivity contribution in [2.24, 2.45) is 5.41 Å². The van der Waals surface area contributed by atoms with Gasteiger partial charge in [0, 0.05) is 6.54 Å². The maximum Gasteiger partial charge on any atom is 0.410 e. The number of likely N-dealkylation sites (N-methyl/N-ethyl adjacent to an activating group) is 1. The van der Waals surface area contributed by atoms with Crippen molar-refractivity contribution in [3.8, 4) is 0 Å². The molecule has 5 heteroatoms. The maximum absolute atomic E-state index is 12.0. The first kappa shape index (κ1) is 25.7. The molecule has 5 nitrogen and oxygen atoms in total. The molecule has 0 fully saturated rings. The lowest BCUT2D eigenvalue weighted by molar-refractivity contribution is -0.144. The number of hydrogen-bond acceptors (Lipinski definition) is 4. The first-order valence-corrected chi connectivity index (χ1v) is 10.9. The number of rotatable bonds is 15. The van der Waals surface area contributed by atoms with Crippen LogP contribution in [0.3, 0.4) is 0 Å².